The SMILES string of the molecule is CCNC(=NCc1cccc(F)c1)NCCc1nnc2n1CCCCC2.I. The average molecular weight is 486 g/mol. The topological polar surface area (TPSA) is 67.1 Å². The number of rotatable bonds is 6. The molecular weight excluding hydrogens is 458 g/mol. The van der Waals surface area contributed by atoms with E-state index >= 15 is 0 Å². The van der Waals surface area contributed by atoms with E-state index in [9.17, 15) is 4.39 Å². The monoisotopic (exact) mass is 486 g/mol. The van der Waals surface area contributed by atoms with Crippen molar-refractivity contribution in [2.24, 2.45) is 4.99 Å². The minimum absolute atomic E-state index is 0. The van der Waals surface area contributed by atoms with Gasteiger partial charge < -0.3 is 15.2 Å². The van der Waals surface area contributed by atoms with Crippen molar-refractivity contribution in [1.29, 1.82) is 0 Å². The first kappa shape index (κ1) is 21.6. The highest BCUT2D eigenvalue weighted by Crippen LogP contribution is 2.14. The molecule has 27 heavy (non-hydrogen) atoms. The van der Waals surface area contributed by atoms with Crippen LogP contribution in [0.2, 0.25) is 0 Å². The van der Waals surface area contributed by atoms with Gasteiger partial charge in [0, 0.05) is 32.5 Å². The molecule has 148 valence electrons. The molecule has 0 spiro atoms. The molecule has 0 atom stereocenters. The second-order valence-electron chi connectivity index (χ2n) is 6.50. The lowest BCUT2D eigenvalue weighted by Gasteiger charge is -2.12. The van der Waals surface area contributed by atoms with Crippen molar-refractivity contribution < 1.29 is 4.39 Å². The van der Waals surface area contributed by atoms with Crippen molar-refractivity contribution >= 4 is 29.9 Å². The first-order chi connectivity index (χ1) is 12.8. The summed E-state index contributed by atoms with van der Waals surface area (Å²) >= 11 is 0. The van der Waals surface area contributed by atoms with Crippen molar-refractivity contribution in [3.63, 3.8) is 0 Å². The molecule has 1 aliphatic rings. The highest BCUT2D eigenvalue weighted by atomic mass is 127. The van der Waals surface area contributed by atoms with Crippen LogP contribution in [0.3, 0.4) is 0 Å². The van der Waals surface area contributed by atoms with E-state index in [1.54, 1.807) is 6.07 Å². The number of aryl methyl sites for hydroxylation is 1. The van der Waals surface area contributed by atoms with E-state index in [0.29, 0.717) is 6.54 Å². The molecule has 2 N–H and O–H groups in total. The van der Waals surface area contributed by atoms with Gasteiger partial charge in [-0.2, -0.15) is 0 Å². The molecule has 1 aromatic heterocycles. The molecule has 0 radical (unpaired) electrons. The zero-order valence-electron chi connectivity index (χ0n) is 15.7. The molecule has 0 bridgehead atoms. The van der Waals surface area contributed by atoms with Crippen LogP contribution >= 0.6 is 24.0 Å². The number of benzene rings is 1. The van der Waals surface area contributed by atoms with Gasteiger partial charge in [-0.15, -0.1) is 34.2 Å². The van der Waals surface area contributed by atoms with Gasteiger partial charge in [-0.1, -0.05) is 18.6 Å². The standard InChI is InChI=1S/C19H27FN6.HI/c1-2-21-19(23-14-15-7-6-8-16(20)13-15)22-11-10-18-25-24-17-9-4-3-5-12-26(17)18;/h6-8,13H,2-5,9-12,14H2,1H3,(H2,21,22,23);1H. The number of aliphatic imine (C=N–C) groups is 1. The minimum atomic E-state index is -0.233. The summed E-state index contributed by atoms with van der Waals surface area (Å²) in [5.74, 6) is 2.65. The molecule has 2 heterocycles. The molecule has 2 aromatic rings. The number of aromatic nitrogens is 3. The van der Waals surface area contributed by atoms with Crippen molar-refractivity contribution in [2.75, 3.05) is 13.1 Å². The molecule has 6 nitrogen and oxygen atoms in total. The number of hydrogen-bond acceptors (Lipinski definition) is 3. The largest absolute Gasteiger partial charge is 0.357 e. The lowest BCUT2D eigenvalue weighted by atomic mass is 10.2. The van der Waals surface area contributed by atoms with Crippen LogP contribution in [0.5, 0.6) is 0 Å². The summed E-state index contributed by atoms with van der Waals surface area (Å²) < 4.78 is 15.5. The third-order valence-corrected chi connectivity index (χ3v) is 4.48. The van der Waals surface area contributed by atoms with Crippen molar-refractivity contribution in [3.05, 3.63) is 47.3 Å². The van der Waals surface area contributed by atoms with Gasteiger partial charge in [0.05, 0.1) is 6.54 Å². The fourth-order valence-corrected chi connectivity index (χ4v) is 3.17. The molecule has 3 rings (SSSR count). The maximum atomic E-state index is 13.3. The van der Waals surface area contributed by atoms with Crippen molar-refractivity contribution in [2.45, 2.75) is 52.1 Å². The third-order valence-electron chi connectivity index (χ3n) is 4.48. The van der Waals surface area contributed by atoms with E-state index in [2.05, 4.69) is 30.4 Å². The van der Waals surface area contributed by atoms with Gasteiger partial charge in [0.25, 0.3) is 0 Å². The number of halogens is 2. The van der Waals surface area contributed by atoms with E-state index < -0.39 is 0 Å². The molecule has 0 unspecified atom stereocenters. The molecular formula is C19H28FIN6. The Balaban J connectivity index is 0.00000261. The second-order valence-corrected chi connectivity index (χ2v) is 6.50. The first-order valence-electron chi connectivity index (χ1n) is 9.44. The van der Waals surface area contributed by atoms with Gasteiger partial charge in [0.2, 0.25) is 0 Å². The average Bonchev–Trinajstić information content (AvgIpc) is 2.86. The normalized spacial score (nSPS) is 14.1. The maximum absolute atomic E-state index is 13.3. The number of nitrogens with one attached hydrogen (secondary N) is 2. The maximum Gasteiger partial charge on any atom is 0.191 e. The molecule has 0 saturated heterocycles. The predicted octanol–water partition coefficient (Wildman–Crippen LogP) is 3.06. The quantitative estimate of drug-likeness (QED) is 0.374. The summed E-state index contributed by atoms with van der Waals surface area (Å²) in [5.41, 5.74) is 0.852. The summed E-state index contributed by atoms with van der Waals surface area (Å²) in [5, 5.41) is 15.2. The van der Waals surface area contributed by atoms with Gasteiger partial charge in [-0.3, -0.25) is 0 Å². The summed E-state index contributed by atoms with van der Waals surface area (Å²) in [6.07, 6.45) is 5.49. The van der Waals surface area contributed by atoms with Gasteiger partial charge in [0.1, 0.15) is 17.5 Å². The second kappa shape index (κ2) is 11.2. The lowest BCUT2D eigenvalue weighted by molar-refractivity contribution is 0.600. The lowest BCUT2D eigenvalue weighted by Crippen LogP contribution is -2.38. The van der Waals surface area contributed by atoms with Gasteiger partial charge >= 0.3 is 0 Å². The highest BCUT2D eigenvalue weighted by Gasteiger charge is 2.14. The van der Waals surface area contributed by atoms with Crippen LogP contribution in [-0.4, -0.2) is 33.8 Å². The summed E-state index contributed by atoms with van der Waals surface area (Å²) in [6, 6.07) is 6.54. The fourth-order valence-electron chi connectivity index (χ4n) is 3.17. The van der Waals surface area contributed by atoms with E-state index in [4.69, 9.17) is 0 Å². The fraction of sp³-hybridized carbons (Fsp3) is 0.526. The van der Waals surface area contributed by atoms with Crippen molar-refractivity contribution in [1.82, 2.24) is 25.4 Å². The molecule has 0 saturated carbocycles. The van der Waals surface area contributed by atoms with E-state index in [1.165, 1.54) is 31.4 Å². The van der Waals surface area contributed by atoms with Crippen LogP contribution in [0.25, 0.3) is 0 Å². The predicted molar refractivity (Wildman–Crippen MR) is 116 cm³/mol. The molecule has 1 aromatic carbocycles. The molecule has 0 fully saturated rings. The molecule has 0 amide bonds. The van der Waals surface area contributed by atoms with E-state index in [0.717, 1.165) is 55.6 Å². The summed E-state index contributed by atoms with van der Waals surface area (Å²) in [6.45, 7) is 4.99. The Morgan fingerprint density at radius 1 is 1.22 bits per heavy atom. The van der Waals surface area contributed by atoms with Crippen LogP contribution < -0.4 is 10.6 Å². The highest BCUT2D eigenvalue weighted by molar-refractivity contribution is 14.0. The molecule has 0 aliphatic carbocycles. The summed E-state index contributed by atoms with van der Waals surface area (Å²) in [4.78, 5) is 4.53. The van der Waals surface area contributed by atoms with Crippen LogP contribution in [0, 0.1) is 5.82 Å². The molecule has 1 aliphatic heterocycles. The first-order valence-corrected chi connectivity index (χ1v) is 9.44. The Labute approximate surface area is 177 Å². The number of fused-ring (bicyclic) bond motifs is 1. The van der Waals surface area contributed by atoms with E-state index in [-0.39, 0.29) is 29.8 Å². The smallest absolute Gasteiger partial charge is 0.191 e. The van der Waals surface area contributed by atoms with Crippen LogP contribution in [0.4, 0.5) is 4.39 Å². The minimum Gasteiger partial charge on any atom is -0.357 e. The Bertz CT molecular complexity index is 746. The van der Waals surface area contributed by atoms with E-state index in [1.807, 2.05) is 13.0 Å². The Hall–Kier alpha value is -1.71. The Kier molecular flexibility index (Phi) is 8.96. The van der Waals surface area contributed by atoms with Gasteiger partial charge in [-0.25, -0.2) is 9.38 Å². The van der Waals surface area contributed by atoms with Crippen molar-refractivity contribution in [3.8, 4) is 0 Å². The molecule has 8 heteroatoms. The number of nitrogens with zero attached hydrogens (tertiary/aromatic N) is 4. The number of hydrogen-bond donors (Lipinski definition) is 2. The van der Waals surface area contributed by atoms with Crippen LogP contribution in [0.15, 0.2) is 29.3 Å². The van der Waals surface area contributed by atoms with Crippen LogP contribution in [-0.2, 0) is 25.9 Å². The van der Waals surface area contributed by atoms with Gasteiger partial charge in [0.15, 0.2) is 5.96 Å². The Morgan fingerprint density at radius 3 is 2.93 bits per heavy atom. The number of guanidine groups is 1. The summed E-state index contributed by atoms with van der Waals surface area (Å²) in [7, 11) is 0. The van der Waals surface area contributed by atoms with Crippen LogP contribution in [0.1, 0.15) is 43.4 Å². The Morgan fingerprint density at radius 2 is 2.11 bits per heavy atom. The van der Waals surface area contributed by atoms with Gasteiger partial charge in [-0.05, 0) is 37.5 Å². The zero-order chi connectivity index (χ0) is 18.2. The third kappa shape index (κ3) is 6.44. The zero-order valence-corrected chi connectivity index (χ0v) is 18.1.